The third kappa shape index (κ3) is 2.51. The molecule has 0 N–H and O–H groups in total. The molecule has 0 aliphatic rings. The van der Waals surface area contributed by atoms with Crippen LogP contribution >= 0.6 is 15.9 Å². The van der Waals surface area contributed by atoms with Gasteiger partial charge in [-0.05, 0) is 42.8 Å². The zero-order chi connectivity index (χ0) is 13.2. The smallest absolute Gasteiger partial charge is 0.134 e. The predicted octanol–water partition coefficient (Wildman–Crippen LogP) is 5.08. The van der Waals surface area contributed by atoms with E-state index in [1.54, 1.807) is 6.26 Å². The molecule has 3 rings (SSSR count). The van der Waals surface area contributed by atoms with Gasteiger partial charge in [-0.3, -0.25) is 0 Å². The molecule has 0 spiro atoms. The number of fused-ring (bicyclic) bond motifs is 1. The molecule has 2 aromatic carbocycles. The number of hydrogen-bond donors (Lipinski definition) is 0. The van der Waals surface area contributed by atoms with Gasteiger partial charge in [-0.25, -0.2) is 0 Å². The Labute approximate surface area is 120 Å². The summed E-state index contributed by atoms with van der Waals surface area (Å²) in [4.78, 5) is 0. The molecule has 0 amide bonds. The highest BCUT2D eigenvalue weighted by molar-refractivity contribution is 9.10. The summed E-state index contributed by atoms with van der Waals surface area (Å²) in [7, 11) is 0. The normalized spacial score (nSPS) is 10.8. The standard InChI is InChI=1S/C16H13BrO2/c1-11-3-2-4-15-16(11)12(10-19-15)9-18-14-7-5-13(17)6-8-14/h2-8,10H,9H2,1H3. The second kappa shape index (κ2) is 5.10. The van der Waals surface area contributed by atoms with Crippen molar-refractivity contribution in [2.45, 2.75) is 13.5 Å². The lowest BCUT2D eigenvalue weighted by Crippen LogP contribution is -1.94. The molecule has 0 aliphatic carbocycles. The van der Waals surface area contributed by atoms with Gasteiger partial charge in [-0.2, -0.15) is 0 Å². The van der Waals surface area contributed by atoms with Crippen LogP contribution in [0.25, 0.3) is 11.0 Å². The molecule has 0 bridgehead atoms. The third-order valence-corrected chi connectivity index (χ3v) is 3.62. The van der Waals surface area contributed by atoms with Crippen molar-refractivity contribution in [3.8, 4) is 5.75 Å². The van der Waals surface area contributed by atoms with Gasteiger partial charge in [0.15, 0.2) is 0 Å². The van der Waals surface area contributed by atoms with Crippen LogP contribution in [0.1, 0.15) is 11.1 Å². The first-order chi connectivity index (χ1) is 9.24. The molecule has 3 heteroatoms. The van der Waals surface area contributed by atoms with Crippen molar-refractivity contribution in [3.05, 3.63) is 64.3 Å². The molecular weight excluding hydrogens is 304 g/mol. The van der Waals surface area contributed by atoms with Crippen molar-refractivity contribution in [3.63, 3.8) is 0 Å². The SMILES string of the molecule is Cc1cccc2occ(COc3ccc(Br)cc3)c12. The maximum atomic E-state index is 5.79. The van der Waals surface area contributed by atoms with Gasteiger partial charge in [0.1, 0.15) is 17.9 Å². The monoisotopic (exact) mass is 316 g/mol. The van der Waals surface area contributed by atoms with E-state index in [1.807, 2.05) is 36.4 Å². The van der Waals surface area contributed by atoms with E-state index in [0.717, 1.165) is 26.8 Å². The van der Waals surface area contributed by atoms with E-state index in [0.29, 0.717) is 6.61 Å². The van der Waals surface area contributed by atoms with Gasteiger partial charge >= 0.3 is 0 Å². The summed E-state index contributed by atoms with van der Waals surface area (Å²) >= 11 is 3.41. The molecule has 0 atom stereocenters. The summed E-state index contributed by atoms with van der Waals surface area (Å²) in [5.74, 6) is 0.853. The number of benzene rings is 2. The number of aryl methyl sites for hydroxylation is 1. The van der Waals surface area contributed by atoms with Crippen LogP contribution in [-0.2, 0) is 6.61 Å². The first-order valence-electron chi connectivity index (χ1n) is 6.08. The Balaban J connectivity index is 1.84. The lowest BCUT2D eigenvalue weighted by Gasteiger charge is -2.05. The highest BCUT2D eigenvalue weighted by Gasteiger charge is 2.08. The van der Waals surface area contributed by atoms with Gasteiger partial charge in [0.25, 0.3) is 0 Å². The molecule has 0 radical (unpaired) electrons. The van der Waals surface area contributed by atoms with Gasteiger partial charge in [-0.15, -0.1) is 0 Å². The topological polar surface area (TPSA) is 22.4 Å². The van der Waals surface area contributed by atoms with Crippen LogP contribution in [0.15, 0.2) is 57.6 Å². The second-order valence-electron chi connectivity index (χ2n) is 4.45. The second-order valence-corrected chi connectivity index (χ2v) is 5.37. The zero-order valence-electron chi connectivity index (χ0n) is 10.5. The van der Waals surface area contributed by atoms with E-state index in [4.69, 9.17) is 9.15 Å². The lowest BCUT2D eigenvalue weighted by atomic mass is 10.1. The summed E-state index contributed by atoms with van der Waals surface area (Å²) in [6.45, 7) is 2.60. The summed E-state index contributed by atoms with van der Waals surface area (Å²) in [5.41, 5.74) is 3.20. The van der Waals surface area contributed by atoms with Crippen LogP contribution in [-0.4, -0.2) is 0 Å². The fourth-order valence-corrected chi connectivity index (χ4v) is 2.41. The van der Waals surface area contributed by atoms with Crippen molar-refractivity contribution in [2.24, 2.45) is 0 Å². The molecule has 0 unspecified atom stereocenters. The first kappa shape index (κ1) is 12.3. The summed E-state index contributed by atoms with van der Waals surface area (Å²) in [6, 6.07) is 13.9. The maximum absolute atomic E-state index is 5.79. The first-order valence-corrected chi connectivity index (χ1v) is 6.87. The average molecular weight is 317 g/mol. The fourth-order valence-electron chi connectivity index (χ4n) is 2.14. The van der Waals surface area contributed by atoms with Crippen molar-refractivity contribution in [1.82, 2.24) is 0 Å². The van der Waals surface area contributed by atoms with Crippen molar-refractivity contribution in [1.29, 1.82) is 0 Å². The summed E-state index contributed by atoms with van der Waals surface area (Å²) in [5, 5.41) is 1.15. The molecule has 3 aromatic rings. The number of hydrogen-bond acceptors (Lipinski definition) is 2. The fraction of sp³-hybridized carbons (Fsp3) is 0.125. The molecule has 96 valence electrons. The Hall–Kier alpha value is -1.74. The van der Waals surface area contributed by atoms with Crippen molar-refractivity contribution < 1.29 is 9.15 Å². The summed E-state index contributed by atoms with van der Waals surface area (Å²) < 4.78 is 12.4. The highest BCUT2D eigenvalue weighted by Crippen LogP contribution is 2.26. The van der Waals surface area contributed by atoms with E-state index in [-0.39, 0.29) is 0 Å². The average Bonchev–Trinajstić information content (AvgIpc) is 2.83. The van der Waals surface area contributed by atoms with Crippen LogP contribution in [0, 0.1) is 6.92 Å². The van der Waals surface area contributed by atoms with E-state index in [2.05, 4.69) is 28.9 Å². The Morgan fingerprint density at radius 3 is 2.68 bits per heavy atom. The van der Waals surface area contributed by atoms with Gasteiger partial charge in [0.2, 0.25) is 0 Å². The molecule has 0 fully saturated rings. The number of ether oxygens (including phenoxy) is 1. The number of rotatable bonds is 3. The van der Waals surface area contributed by atoms with Gasteiger partial charge in [-0.1, -0.05) is 28.1 Å². The zero-order valence-corrected chi connectivity index (χ0v) is 12.1. The van der Waals surface area contributed by atoms with E-state index < -0.39 is 0 Å². The predicted molar refractivity (Wildman–Crippen MR) is 79.4 cm³/mol. The Morgan fingerprint density at radius 1 is 1.11 bits per heavy atom. The van der Waals surface area contributed by atoms with Crippen LogP contribution < -0.4 is 4.74 Å². The third-order valence-electron chi connectivity index (χ3n) is 3.09. The molecule has 0 saturated carbocycles. The number of furan rings is 1. The minimum Gasteiger partial charge on any atom is -0.489 e. The van der Waals surface area contributed by atoms with Gasteiger partial charge in [0.05, 0.1) is 6.26 Å². The molecule has 19 heavy (non-hydrogen) atoms. The van der Waals surface area contributed by atoms with Gasteiger partial charge < -0.3 is 9.15 Å². The molecular formula is C16H13BrO2. The van der Waals surface area contributed by atoms with Crippen molar-refractivity contribution in [2.75, 3.05) is 0 Å². The molecule has 1 aromatic heterocycles. The van der Waals surface area contributed by atoms with Crippen LogP contribution in [0.5, 0.6) is 5.75 Å². The maximum Gasteiger partial charge on any atom is 0.134 e. The summed E-state index contributed by atoms with van der Waals surface area (Å²) in [6.07, 6.45) is 1.77. The van der Waals surface area contributed by atoms with Crippen molar-refractivity contribution >= 4 is 26.9 Å². The quantitative estimate of drug-likeness (QED) is 0.672. The Kier molecular flexibility index (Phi) is 3.30. The lowest BCUT2D eigenvalue weighted by molar-refractivity contribution is 0.306. The Morgan fingerprint density at radius 2 is 1.89 bits per heavy atom. The van der Waals surface area contributed by atoms with E-state index in [9.17, 15) is 0 Å². The largest absolute Gasteiger partial charge is 0.489 e. The molecule has 2 nitrogen and oxygen atoms in total. The molecule has 0 aliphatic heterocycles. The van der Waals surface area contributed by atoms with E-state index in [1.165, 1.54) is 5.56 Å². The highest BCUT2D eigenvalue weighted by atomic mass is 79.9. The van der Waals surface area contributed by atoms with Crippen LogP contribution in [0.3, 0.4) is 0 Å². The van der Waals surface area contributed by atoms with Crippen LogP contribution in [0.4, 0.5) is 0 Å². The molecule has 1 heterocycles. The molecule has 0 saturated heterocycles. The van der Waals surface area contributed by atoms with E-state index >= 15 is 0 Å². The minimum atomic E-state index is 0.513. The minimum absolute atomic E-state index is 0.513. The Bertz CT molecular complexity index is 698. The number of halogens is 1. The van der Waals surface area contributed by atoms with Crippen LogP contribution in [0.2, 0.25) is 0 Å². The van der Waals surface area contributed by atoms with Gasteiger partial charge in [0, 0.05) is 15.4 Å².